The van der Waals surface area contributed by atoms with Gasteiger partial charge in [-0.2, -0.15) is 0 Å². The van der Waals surface area contributed by atoms with E-state index in [4.69, 9.17) is 0 Å². The van der Waals surface area contributed by atoms with Crippen LogP contribution in [0, 0.1) is 39.5 Å². The molecule has 1 nitrogen and oxygen atoms in total. The molecule has 2 saturated carbocycles. The summed E-state index contributed by atoms with van der Waals surface area (Å²) in [4.78, 5) is 13.3. The number of carbonyl (C=O) groups excluding carboxylic acids is 1. The molecule has 2 fully saturated rings. The van der Waals surface area contributed by atoms with Gasteiger partial charge in [-0.3, -0.25) is 4.79 Å². The second kappa shape index (κ2) is 7.85. The molecule has 0 spiro atoms. The average Bonchev–Trinajstić information content (AvgIpc) is 3.55. The maximum Gasteiger partial charge on any atom is 0.134 e. The van der Waals surface area contributed by atoms with Crippen molar-refractivity contribution in [3.05, 3.63) is 69.8 Å². The highest BCUT2D eigenvalue weighted by Crippen LogP contribution is 2.48. The van der Waals surface area contributed by atoms with Gasteiger partial charge >= 0.3 is 0 Å². The van der Waals surface area contributed by atoms with Gasteiger partial charge in [-0.25, -0.2) is 0 Å². The van der Waals surface area contributed by atoms with Crippen molar-refractivity contribution >= 4 is 5.78 Å². The topological polar surface area (TPSA) is 17.1 Å². The number of benzene rings is 2. The Kier molecular flexibility index (Phi) is 5.45. The first kappa shape index (κ1) is 19.4. The number of hydrogen-bond donors (Lipinski definition) is 0. The van der Waals surface area contributed by atoms with E-state index in [1.54, 1.807) is 0 Å². The van der Waals surface area contributed by atoms with Crippen LogP contribution in [0.5, 0.6) is 0 Å². The van der Waals surface area contributed by atoms with Crippen LogP contribution in [0.25, 0.3) is 0 Å². The minimum absolute atomic E-state index is 0.422. The molecule has 0 N–H and O–H groups in total. The summed E-state index contributed by atoms with van der Waals surface area (Å²) in [7, 11) is 0. The van der Waals surface area contributed by atoms with Gasteiger partial charge in [-0.05, 0) is 99.3 Å². The first-order valence-corrected chi connectivity index (χ1v) is 11.1. The highest BCUT2D eigenvalue weighted by atomic mass is 16.1. The second-order valence-corrected chi connectivity index (χ2v) is 9.55. The fraction of sp³-hybridized carbons (Fsp3) is 0.519. The molecule has 0 heterocycles. The van der Waals surface area contributed by atoms with Crippen molar-refractivity contribution in [1.82, 2.24) is 0 Å². The van der Waals surface area contributed by atoms with Crippen LogP contribution < -0.4 is 0 Å². The number of carbonyl (C=O) groups is 1. The molecule has 148 valence electrons. The summed E-state index contributed by atoms with van der Waals surface area (Å²) in [5.41, 5.74) is 8.16. The van der Waals surface area contributed by atoms with Gasteiger partial charge in [0, 0.05) is 12.8 Å². The molecule has 2 aromatic carbocycles. The van der Waals surface area contributed by atoms with E-state index in [9.17, 15) is 4.79 Å². The zero-order valence-electron chi connectivity index (χ0n) is 17.9. The highest BCUT2D eigenvalue weighted by molar-refractivity contribution is 5.80. The Morgan fingerprint density at radius 3 is 1.50 bits per heavy atom. The van der Waals surface area contributed by atoms with Crippen LogP contribution in [0.3, 0.4) is 0 Å². The SMILES string of the molecule is Cc1ccc(C)c([C@H](CC(=O)C[C@@H](c2cc(C)ccc2C)C2CC2)C2CC2)c1. The van der Waals surface area contributed by atoms with Crippen molar-refractivity contribution in [1.29, 1.82) is 0 Å². The molecule has 2 aliphatic rings. The molecule has 0 unspecified atom stereocenters. The van der Waals surface area contributed by atoms with Gasteiger partial charge in [0.15, 0.2) is 0 Å². The van der Waals surface area contributed by atoms with Crippen molar-refractivity contribution in [2.75, 3.05) is 0 Å². The lowest BCUT2D eigenvalue weighted by Gasteiger charge is -2.23. The lowest BCUT2D eigenvalue weighted by atomic mass is 9.81. The van der Waals surface area contributed by atoms with Gasteiger partial charge in [-0.1, -0.05) is 47.5 Å². The average molecular weight is 375 g/mol. The van der Waals surface area contributed by atoms with Crippen LogP contribution in [0.4, 0.5) is 0 Å². The van der Waals surface area contributed by atoms with Gasteiger partial charge in [0.25, 0.3) is 0 Å². The molecule has 1 heteroatoms. The Hall–Kier alpha value is -1.89. The maximum atomic E-state index is 13.3. The number of aryl methyl sites for hydroxylation is 4. The van der Waals surface area contributed by atoms with Crippen LogP contribution in [-0.4, -0.2) is 5.78 Å². The number of hydrogen-bond acceptors (Lipinski definition) is 1. The van der Waals surface area contributed by atoms with E-state index < -0.39 is 0 Å². The Morgan fingerprint density at radius 2 is 1.14 bits per heavy atom. The zero-order valence-corrected chi connectivity index (χ0v) is 17.9. The summed E-state index contributed by atoms with van der Waals surface area (Å²) in [6.45, 7) is 8.74. The number of ketones is 1. The summed E-state index contributed by atoms with van der Waals surface area (Å²) < 4.78 is 0. The second-order valence-electron chi connectivity index (χ2n) is 9.55. The predicted molar refractivity (Wildman–Crippen MR) is 117 cm³/mol. The minimum atomic E-state index is 0.422. The summed E-state index contributed by atoms with van der Waals surface area (Å²) in [6.07, 6.45) is 6.59. The van der Waals surface area contributed by atoms with Crippen molar-refractivity contribution in [3.63, 3.8) is 0 Å². The third-order valence-corrected chi connectivity index (χ3v) is 6.95. The lowest BCUT2D eigenvalue weighted by Crippen LogP contribution is -2.15. The van der Waals surface area contributed by atoms with E-state index in [1.165, 1.54) is 59.1 Å². The van der Waals surface area contributed by atoms with Crippen LogP contribution in [-0.2, 0) is 4.79 Å². The number of rotatable bonds is 8. The molecule has 0 radical (unpaired) electrons. The summed E-state index contributed by atoms with van der Waals surface area (Å²) >= 11 is 0. The van der Waals surface area contributed by atoms with Crippen molar-refractivity contribution in [2.45, 2.75) is 78.1 Å². The Balaban J connectivity index is 1.53. The van der Waals surface area contributed by atoms with Gasteiger partial charge in [0.2, 0.25) is 0 Å². The fourth-order valence-electron chi connectivity index (χ4n) is 4.95. The van der Waals surface area contributed by atoms with E-state index in [0.29, 0.717) is 29.5 Å². The van der Waals surface area contributed by atoms with Crippen LogP contribution >= 0.6 is 0 Å². The highest BCUT2D eigenvalue weighted by Gasteiger charge is 2.37. The molecule has 2 aromatic rings. The van der Waals surface area contributed by atoms with Crippen molar-refractivity contribution in [3.8, 4) is 0 Å². The molecule has 0 saturated heterocycles. The van der Waals surface area contributed by atoms with E-state index in [-0.39, 0.29) is 0 Å². The Labute approximate surface area is 170 Å². The van der Waals surface area contributed by atoms with Gasteiger partial charge in [0.05, 0.1) is 0 Å². The Bertz CT molecular complexity index is 798. The Morgan fingerprint density at radius 1 is 0.750 bits per heavy atom. The zero-order chi connectivity index (χ0) is 19.8. The molecule has 0 aromatic heterocycles. The molecule has 2 aliphatic carbocycles. The monoisotopic (exact) mass is 374 g/mol. The lowest BCUT2D eigenvalue weighted by molar-refractivity contribution is -0.120. The molecule has 2 atom stereocenters. The predicted octanol–water partition coefficient (Wildman–Crippen LogP) is 6.96. The van der Waals surface area contributed by atoms with Crippen molar-refractivity contribution in [2.24, 2.45) is 11.8 Å². The van der Waals surface area contributed by atoms with Gasteiger partial charge in [-0.15, -0.1) is 0 Å². The van der Waals surface area contributed by atoms with E-state index in [1.807, 2.05) is 0 Å². The molecule has 0 bridgehead atoms. The van der Waals surface area contributed by atoms with Gasteiger partial charge < -0.3 is 0 Å². The third kappa shape index (κ3) is 4.40. The van der Waals surface area contributed by atoms with E-state index >= 15 is 0 Å². The maximum absolute atomic E-state index is 13.3. The molecule has 28 heavy (non-hydrogen) atoms. The summed E-state index contributed by atoms with van der Waals surface area (Å²) in [6, 6.07) is 13.5. The minimum Gasteiger partial charge on any atom is -0.300 e. The largest absolute Gasteiger partial charge is 0.300 e. The quantitative estimate of drug-likeness (QED) is 0.488. The van der Waals surface area contributed by atoms with E-state index in [2.05, 4.69) is 64.1 Å². The smallest absolute Gasteiger partial charge is 0.134 e. The number of Topliss-reactive ketones (excluding diaryl/α,β-unsaturated/α-hetero) is 1. The fourth-order valence-corrected chi connectivity index (χ4v) is 4.95. The van der Waals surface area contributed by atoms with Gasteiger partial charge in [0.1, 0.15) is 5.78 Å². The normalized spacial score (nSPS) is 18.7. The van der Waals surface area contributed by atoms with Crippen molar-refractivity contribution < 1.29 is 4.79 Å². The first-order chi connectivity index (χ1) is 13.4. The van der Waals surface area contributed by atoms with Crippen LogP contribution in [0.2, 0.25) is 0 Å². The summed E-state index contributed by atoms with van der Waals surface area (Å²) in [5.74, 6) is 2.74. The molecule has 4 rings (SSSR count). The third-order valence-electron chi connectivity index (χ3n) is 6.95. The first-order valence-electron chi connectivity index (χ1n) is 11.1. The molecule has 0 aliphatic heterocycles. The van der Waals surface area contributed by atoms with Crippen LogP contribution in [0.1, 0.15) is 83.7 Å². The molecule has 0 amide bonds. The van der Waals surface area contributed by atoms with E-state index in [0.717, 1.165) is 12.8 Å². The van der Waals surface area contributed by atoms with Crippen LogP contribution in [0.15, 0.2) is 36.4 Å². The summed E-state index contributed by atoms with van der Waals surface area (Å²) in [5, 5.41) is 0. The standard InChI is InChI=1S/C27H34O/c1-17-5-7-19(3)24(13-17)26(21-9-10-21)15-23(28)16-27(22-11-12-22)25-14-18(2)6-8-20(25)4/h5-8,13-14,21-22,26-27H,9-12,15-16H2,1-4H3/t26-,27-/m1/s1. The molecular weight excluding hydrogens is 340 g/mol. The molecular formula is C27H34O.